The number of nitrogens with zero attached hydrogens (tertiary/aromatic N) is 2. The summed E-state index contributed by atoms with van der Waals surface area (Å²) >= 11 is 0. The summed E-state index contributed by atoms with van der Waals surface area (Å²) in [5.41, 5.74) is 3.18. The number of anilines is 3. The molecule has 0 radical (unpaired) electrons. The fourth-order valence-electron chi connectivity index (χ4n) is 3.89. The van der Waals surface area contributed by atoms with Crippen LogP contribution < -0.4 is 20.3 Å². The zero-order valence-corrected chi connectivity index (χ0v) is 18.9. The number of nitrogens with one attached hydrogen (secondary N) is 2. The van der Waals surface area contributed by atoms with E-state index >= 15 is 0 Å². The summed E-state index contributed by atoms with van der Waals surface area (Å²) in [6.45, 7) is 3.44. The number of benzene rings is 2. The zero-order valence-electron chi connectivity index (χ0n) is 18.9. The van der Waals surface area contributed by atoms with Gasteiger partial charge in [0.15, 0.2) is 0 Å². The van der Waals surface area contributed by atoms with Crippen molar-refractivity contribution in [1.29, 1.82) is 0 Å². The van der Waals surface area contributed by atoms with Crippen molar-refractivity contribution in [3.05, 3.63) is 78.0 Å². The molecule has 0 spiro atoms. The van der Waals surface area contributed by atoms with Crippen molar-refractivity contribution >= 4 is 29.0 Å². The highest BCUT2D eigenvalue weighted by atomic mass is 16.5. The number of aromatic nitrogens is 1. The molecular weight excluding hydrogens is 416 g/mol. The standard InChI is InChI=1S/C26H28N4O3/c1-18-6-8-21(9-7-18)28-25(31)19-11-14-30(15-12-19)24-16-20(10-13-27-24)26(32)29-22-4-3-5-23(17-22)33-2/h3-10,13,16-17,19H,11-12,14-15H2,1-2H3,(H,28,31)(H,29,32). The van der Waals surface area contributed by atoms with Crippen molar-refractivity contribution < 1.29 is 14.3 Å². The highest BCUT2D eigenvalue weighted by Crippen LogP contribution is 2.24. The van der Waals surface area contributed by atoms with Crippen molar-refractivity contribution in [3.8, 4) is 5.75 Å². The third-order valence-electron chi connectivity index (χ3n) is 5.84. The number of carbonyl (C=O) groups is 2. The first kappa shape index (κ1) is 22.3. The molecular formula is C26H28N4O3. The molecule has 2 N–H and O–H groups in total. The van der Waals surface area contributed by atoms with Gasteiger partial charge in [-0.2, -0.15) is 0 Å². The lowest BCUT2D eigenvalue weighted by Crippen LogP contribution is -2.38. The van der Waals surface area contributed by atoms with E-state index < -0.39 is 0 Å². The van der Waals surface area contributed by atoms with Gasteiger partial charge < -0.3 is 20.3 Å². The summed E-state index contributed by atoms with van der Waals surface area (Å²) < 4.78 is 5.21. The monoisotopic (exact) mass is 444 g/mol. The summed E-state index contributed by atoms with van der Waals surface area (Å²) in [6.07, 6.45) is 3.12. The van der Waals surface area contributed by atoms with Crippen molar-refractivity contribution in [1.82, 2.24) is 4.98 Å². The fourth-order valence-corrected chi connectivity index (χ4v) is 3.89. The molecule has 2 amide bonds. The van der Waals surface area contributed by atoms with E-state index in [1.807, 2.05) is 49.4 Å². The second-order valence-corrected chi connectivity index (χ2v) is 8.21. The lowest BCUT2D eigenvalue weighted by Gasteiger charge is -2.32. The first-order chi connectivity index (χ1) is 16.0. The van der Waals surface area contributed by atoms with Crippen LogP contribution in [0.15, 0.2) is 66.9 Å². The van der Waals surface area contributed by atoms with Crippen molar-refractivity contribution in [2.24, 2.45) is 5.92 Å². The minimum atomic E-state index is -0.209. The molecule has 0 unspecified atom stereocenters. The minimum absolute atomic E-state index is 0.0397. The maximum absolute atomic E-state index is 12.7. The van der Waals surface area contributed by atoms with Gasteiger partial charge in [-0.05, 0) is 56.2 Å². The van der Waals surface area contributed by atoms with Gasteiger partial charge >= 0.3 is 0 Å². The Kier molecular flexibility index (Phi) is 6.88. The topological polar surface area (TPSA) is 83.6 Å². The van der Waals surface area contributed by atoms with Gasteiger partial charge in [0.2, 0.25) is 5.91 Å². The lowest BCUT2D eigenvalue weighted by molar-refractivity contribution is -0.120. The second kappa shape index (κ2) is 10.2. The molecule has 3 aromatic rings. The minimum Gasteiger partial charge on any atom is -0.497 e. The van der Waals surface area contributed by atoms with E-state index in [0.29, 0.717) is 30.1 Å². The smallest absolute Gasteiger partial charge is 0.255 e. The van der Waals surface area contributed by atoms with E-state index in [1.165, 1.54) is 0 Å². The van der Waals surface area contributed by atoms with Gasteiger partial charge in [0.25, 0.3) is 5.91 Å². The molecule has 170 valence electrons. The van der Waals surface area contributed by atoms with Crippen LogP contribution in [0.1, 0.15) is 28.8 Å². The second-order valence-electron chi connectivity index (χ2n) is 8.21. The molecule has 1 aromatic heterocycles. The Hall–Kier alpha value is -3.87. The van der Waals surface area contributed by atoms with Gasteiger partial charge in [-0.15, -0.1) is 0 Å². The van der Waals surface area contributed by atoms with Gasteiger partial charge in [-0.1, -0.05) is 23.8 Å². The average molecular weight is 445 g/mol. The number of ether oxygens (including phenoxy) is 1. The lowest BCUT2D eigenvalue weighted by atomic mass is 9.95. The summed E-state index contributed by atoms with van der Waals surface area (Å²) in [7, 11) is 1.59. The Morgan fingerprint density at radius 2 is 1.73 bits per heavy atom. The summed E-state index contributed by atoms with van der Waals surface area (Å²) in [6, 6.07) is 18.5. The predicted molar refractivity (Wildman–Crippen MR) is 130 cm³/mol. The van der Waals surface area contributed by atoms with Crippen LogP contribution in [0.5, 0.6) is 5.75 Å². The van der Waals surface area contributed by atoms with Gasteiger partial charge in [-0.25, -0.2) is 4.98 Å². The number of carbonyl (C=O) groups excluding carboxylic acids is 2. The molecule has 2 aromatic carbocycles. The number of amides is 2. The Morgan fingerprint density at radius 3 is 2.45 bits per heavy atom. The van der Waals surface area contributed by atoms with Crippen LogP contribution in [0.3, 0.4) is 0 Å². The molecule has 1 aliphatic rings. The number of methoxy groups -OCH3 is 1. The van der Waals surface area contributed by atoms with Crippen molar-refractivity contribution in [3.63, 3.8) is 0 Å². The fraction of sp³-hybridized carbons (Fsp3) is 0.269. The van der Waals surface area contributed by atoms with E-state index in [-0.39, 0.29) is 17.7 Å². The molecule has 0 atom stereocenters. The number of hydrogen-bond donors (Lipinski definition) is 2. The van der Waals surface area contributed by atoms with E-state index in [9.17, 15) is 9.59 Å². The van der Waals surface area contributed by atoms with E-state index in [4.69, 9.17) is 4.74 Å². The molecule has 7 heteroatoms. The zero-order chi connectivity index (χ0) is 23.2. The van der Waals surface area contributed by atoms with Gasteiger partial charge in [0, 0.05) is 48.2 Å². The largest absolute Gasteiger partial charge is 0.497 e. The van der Waals surface area contributed by atoms with Gasteiger partial charge in [0.1, 0.15) is 11.6 Å². The predicted octanol–water partition coefficient (Wildman–Crippen LogP) is 4.51. The number of hydrogen-bond acceptors (Lipinski definition) is 5. The van der Waals surface area contributed by atoms with Crippen LogP contribution in [0.25, 0.3) is 0 Å². The van der Waals surface area contributed by atoms with Crippen LogP contribution in [0, 0.1) is 12.8 Å². The normalized spacial score (nSPS) is 13.9. The third-order valence-corrected chi connectivity index (χ3v) is 5.84. The van der Waals surface area contributed by atoms with Crippen molar-refractivity contribution in [2.75, 3.05) is 35.7 Å². The molecule has 4 rings (SSSR count). The highest BCUT2D eigenvalue weighted by molar-refractivity contribution is 6.04. The maximum atomic E-state index is 12.7. The Morgan fingerprint density at radius 1 is 0.970 bits per heavy atom. The molecule has 1 aliphatic heterocycles. The number of piperidine rings is 1. The van der Waals surface area contributed by atoms with Crippen LogP contribution in [-0.2, 0) is 4.79 Å². The van der Waals surface area contributed by atoms with E-state index in [0.717, 1.165) is 29.9 Å². The Labute approximate surface area is 193 Å². The number of pyridine rings is 1. The van der Waals surface area contributed by atoms with Crippen LogP contribution in [0.2, 0.25) is 0 Å². The molecule has 2 heterocycles. The molecule has 0 aliphatic carbocycles. The van der Waals surface area contributed by atoms with E-state index in [1.54, 1.807) is 31.5 Å². The molecule has 1 saturated heterocycles. The van der Waals surface area contributed by atoms with Crippen LogP contribution >= 0.6 is 0 Å². The van der Waals surface area contributed by atoms with Gasteiger partial charge in [-0.3, -0.25) is 9.59 Å². The first-order valence-corrected chi connectivity index (χ1v) is 11.1. The van der Waals surface area contributed by atoms with Gasteiger partial charge in [0.05, 0.1) is 7.11 Å². The first-order valence-electron chi connectivity index (χ1n) is 11.1. The quantitative estimate of drug-likeness (QED) is 0.585. The summed E-state index contributed by atoms with van der Waals surface area (Å²) in [4.78, 5) is 32.0. The van der Waals surface area contributed by atoms with E-state index in [2.05, 4.69) is 20.5 Å². The molecule has 7 nitrogen and oxygen atoms in total. The molecule has 0 bridgehead atoms. The highest BCUT2D eigenvalue weighted by Gasteiger charge is 2.26. The van der Waals surface area contributed by atoms with Crippen molar-refractivity contribution in [2.45, 2.75) is 19.8 Å². The SMILES string of the molecule is COc1cccc(NC(=O)c2ccnc(N3CCC(C(=O)Nc4ccc(C)cc4)CC3)c2)c1. The van der Waals surface area contributed by atoms with Crippen LogP contribution in [-0.4, -0.2) is 37.0 Å². The summed E-state index contributed by atoms with van der Waals surface area (Å²) in [5, 5.41) is 5.91. The number of rotatable bonds is 6. The molecule has 1 fully saturated rings. The Bertz CT molecular complexity index is 1120. The maximum Gasteiger partial charge on any atom is 0.255 e. The Balaban J connectivity index is 1.34. The van der Waals surface area contributed by atoms with Crippen LogP contribution in [0.4, 0.5) is 17.2 Å². The average Bonchev–Trinajstić information content (AvgIpc) is 2.85. The summed E-state index contributed by atoms with van der Waals surface area (Å²) in [5.74, 6) is 1.22. The molecule has 0 saturated carbocycles. The molecule has 33 heavy (non-hydrogen) atoms. The third kappa shape index (κ3) is 5.68. The number of aryl methyl sites for hydroxylation is 1.